The van der Waals surface area contributed by atoms with Gasteiger partial charge in [-0.25, -0.2) is 15.0 Å². The highest BCUT2D eigenvalue weighted by Crippen LogP contribution is 1.89. The Morgan fingerprint density at radius 1 is 1.47 bits per heavy atom. The Kier molecular flexibility index (Phi) is 3.01. The van der Waals surface area contributed by atoms with E-state index in [2.05, 4.69) is 10.1 Å². The fraction of sp³-hybridized carbons (Fsp3) is 0.143. The van der Waals surface area contributed by atoms with Gasteiger partial charge in [0.1, 0.15) is 0 Å². The van der Waals surface area contributed by atoms with Crippen LogP contribution in [0.2, 0.25) is 0 Å². The molecule has 1 heterocycles. The van der Waals surface area contributed by atoms with Gasteiger partial charge in [-0.3, -0.25) is 9.78 Å². The van der Waals surface area contributed by atoms with Crippen LogP contribution in [0.3, 0.4) is 0 Å². The number of aromatic amines is 2. The number of hydrogen-bond donors (Lipinski definition) is 4. The second-order valence-electron chi connectivity index (χ2n) is 2.68. The third-order valence-corrected chi connectivity index (χ3v) is 1.55. The molecule has 5 N–H and O–H groups in total. The number of carbonyl (C=O) groups excluding carboxylic acids is 1. The summed E-state index contributed by atoms with van der Waals surface area (Å²) in [6.45, 7) is 1.53. The Hall–Kier alpha value is -2.38. The molecule has 2 amide bonds. The second-order valence-corrected chi connectivity index (χ2v) is 2.68. The predicted octanol–water partition coefficient (Wildman–Crippen LogP) is -1.63. The van der Waals surface area contributed by atoms with Crippen LogP contribution in [0.1, 0.15) is 11.3 Å². The normalized spacial score (nSPS) is 10.5. The monoisotopic (exact) mass is 211 g/mol. The molecule has 1 aromatic heterocycles. The van der Waals surface area contributed by atoms with E-state index >= 15 is 0 Å². The first-order valence-electron chi connectivity index (χ1n) is 3.92. The molecule has 1 rings (SSSR count). The molecule has 0 saturated heterocycles. The van der Waals surface area contributed by atoms with Gasteiger partial charge in [-0.05, 0) is 6.92 Å². The molecule has 0 aromatic carbocycles. The maximum atomic E-state index is 11.2. The molecule has 0 saturated carbocycles. The lowest BCUT2D eigenvalue weighted by molar-refractivity contribution is 0.249. The molecule has 0 atom stereocenters. The highest BCUT2D eigenvalue weighted by molar-refractivity contribution is 5.81. The lowest BCUT2D eigenvalue weighted by Gasteiger charge is -1.96. The standard InChI is InChI=1S/C7H9N5O3/c1-3-4(2-9-12-6(8)14)5(13)11-7(15)10-3/h2H,1H3,(H3,8,12,14)(H2,10,11,13,15)/b9-2-. The Bertz CT molecular complexity index is 512. The van der Waals surface area contributed by atoms with E-state index < -0.39 is 17.3 Å². The van der Waals surface area contributed by atoms with Crippen molar-refractivity contribution in [2.45, 2.75) is 6.92 Å². The van der Waals surface area contributed by atoms with Crippen LogP contribution < -0.4 is 22.4 Å². The van der Waals surface area contributed by atoms with Crippen molar-refractivity contribution in [1.29, 1.82) is 0 Å². The van der Waals surface area contributed by atoms with Crippen molar-refractivity contribution in [3.63, 3.8) is 0 Å². The number of urea groups is 1. The van der Waals surface area contributed by atoms with Crippen molar-refractivity contribution in [1.82, 2.24) is 15.4 Å². The van der Waals surface area contributed by atoms with Gasteiger partial charge in [0.15, 0.2) is 0 Å². The summed E-state index contributed by atoms with van der Waals surface area (Å²) in [7, 11) is 0. The molecule has 0 fully saturated rings. The van der Waals surface area contributed by atoms with Crippen molar-refractivity contribution in [3.8, 4) is 0 Å². The van der Waals surface area contributed by atoms with E-state index in [-0.39, 0.29) is 5.56 Å². The Balaban J connectivity index is 3.05. The summed E-state index contributed by atoms with van der Waals surface area (Å²) in [5.41, 5.74) is 5.97. The number of rotatable bonds is 2. The number of nitrogens with zero attached hydrogens (tertiary/aromatic N) is 1. The first-order valence-corrected chi connectivity index (χ1v) is 3.92. The minimum Gasteiger partial charge on any atom is -0.350 e. The molecule has 0 spiro atoms. The fourth-order valence-corrected chi connectivity index (χ4v) is 0.926. The van der Waals surface area contributed by atoms with Crippen LogP contribution >= 0.6 is 0 Å². The minimum absolute atomic E-state index is 0.142. The molecule has 0 radical (unpaired) electrons. The Labute approximate surface area is 83.2 Å². The van der Waals surface area contributed by atoms with E-state index in [0.717, 1.165) is 6.21 Å². The number of hydrogen-bond acceptors (Lipinski definition) is 4. The largest absolute Gasteiger partial charge is 0.350 e. The number of primary amides is 1. The lowest BCUT2D eigenvalue weighted by Crippen LogP contribution is -2.28. The Morgan fingerprint density at radius 2 is 2.13 bits per heavy atom. The van der Waals surface area contributed by atoms with Gasteiger partial charge in [-0.2, -0.15) is 5.10 Å². The van der Waals surface area contributed by atoms with Crippen LogP contribution in [-0.2, 0) is 0 Å². The van der Waals surface area contributed by atoms with Crippen LogP contribution in [0.25, 0.3) is 0 Å². The summed E-state index contributed by atoms with van der Waals surface area (Å²) in [4.78, 5) is 36.7. The number of amides is 2. The molecule has 0 aliphatic carbocycles. The van der Waals surface area contributed by atoms with Crippen molar-refractivity contribution in [2.24, 2.45) is 10.8 Å². The maximum Gasteiger partial charge on any atom is 0.332 e. The molecular weight excluding hydrogens is 202 g/mol. The van der Waals surface area contributed by atoms with Crippen LogP contribution in [0.5, 0.6) is 0 Å². The molecule has 80 valence electrons. The molecule has 8 nitrogen and oxygen atoms in total. The van der Waals surface area contributed by atoms with Crippen LogP contribution in [-0.4, -0.2) is 22.2 Å². The molecule has 0 aliphatic heterocycles. The summed E-state index contributed by atoms with van der Waals surface area (Å²) in [6, 6.07) is -0.843. The molecule has 1 aromatic rings. The van der Waals surface area contributed by atoms with Crippen molar-refractivity contribution in [3.05, 3.63) is 32.1 Å². The smallest absolute Gasteiger partial charge is 0.332 e. The number of carbonyl (C=O) groups is 1. The zero-order valence-corrected chi connectivity index (χ0v) is 7.83. The summed E-state index contributed by atoms with van der Waals surface area (Å²) in [5.74, 6) is 0. The van der Waals surface area contributed by atoms with Crippen molar-refractivity contribution < 1.29 is 4.79 Å². The van der Waals surface area contributed by atoms with E-state index in [0.29, 0.717) is 5.69 Å². The average molecular weight is 211 g/mol. The number of hydrazone groups is 1. The van der Waals surface area contributed by atoms with Crippen LogP contribution in [0.15, 0.2) is 14.7 Å². The lowest BCUT2D eigenvalue weighted by atomic mass is 10.2. The van der Waals surface area contributed by atoms with Gasteiger partial charge in [-0.1, -0.05) is 0 Å². The summed E-state index contributed by atoms with van der Waals surface area (Å²) in [5, 5.41) is 3.40. The number of H-pyrrole nitrogens is 2. The van der Waals surface area contributed by atoms with Gasteiger partial charge in [0, 0.05) is 5.69 Å². The topological polar surface area (TPSA) is 133 Å². The number of aromatic nitrogens is 2. The number of nitrogens with one attached hydrogen (secondary N) is 3. The summed E-state index contributed by atoms with van der Waals surface area (Å²) < 4.78 is 0. The highest BCUT2D eigenvalue weighted by Gasteiger charge is 2.02. The third kappa shape index (κ3) is 2.79. The molecular formula is C7H9N5O3. The maximum absolute atomic E-state index is 11.2. The van der Waals surface area contributed by atoms with Crippen LogP contribution in [0, 0.1) is 6.92 Å². The highest BCUT2D eigenvalue weighted by atomic mass is 16.2. The van der Waals surface area contributed by atoms with Gasteiger partial charge in [0.25, 0.3) is 5.56 Å². The SMILES string of the molecule is Cc1[nH]c(=O)[nH]c(=O)c1/C=N\NC(N)=O. The van der Waals surface area contributed by atoms with Gasteiger partial charge in [-0.15, -0.1) is 0 Å². The predicted molar refractivity (Wildman–Crippen MR) is 52.7 cm³/mol. The minimum atomic E-state index is -0.843. The molecule has 0 bridgehead atoms. The zero-order chi connectivity index (χ0) is 11.4. The van der Waals surface area contributed by atoms with Gasteiger partial charge >= 0.3 is 11.7 Å². The van der Waals surface area contributed by atoms with E-state index in [1.165, 1.54) is 6.92 Å². The summed E-state index contributed by atoms with van der Waals surface area (Å²) in [6.07, 6.45) is 1.09. The zero-order valence-electron chi connectivity index (χ0n) is 7.83. The van der Waals surface area contributed by atoms with E-state index in [1.54, 1.807) is 0 Å². The molecule has 0 aliphatic rings. The average Bonchev–Trinajstić information content (AvgIpc) is 2.08. The van der Waals surface area contributed by atoms with Crippen molar-refractivity contribution in [2.75, 3.05) is 0 Å². The second kappa shape index (κ2) is 4.22. The number of aryl methyl sites for hydroxylation is 1. The quantitative estimate of drug-likeness (QED) is 0.345. The van der Waals surface area contributed by atoms with Gasteiger partial charge < -0.3 is 10.7 Å². The third-order valence-electron chi connectivity index (χ3n) is 1.55. The van der Waals surface area contributed by atoms with Gasteiger partial charge in [0.05, 0.1) is 11.8 Å². The van der Waals surface area contributed by atoms with Crippen LogP contribution in [0.4, 0.5) is 4.79 Å². The van der Waals surface area contributed by atoms with E-state index in [4.69, 9.17) is 5.73 Å². The fourth-order valence-electron chi connectivity index (χ4n) is 0.926. The molecule has 15 heavy (non-hydrogen) atoms. The summed E-state index contributed by atoms with van der Waals surface area (Å²) >= 11 is 0. The first-order chi connectivity index (χ1) is 7.00. The van der Waals surface area contributed by atoms with E-state index in [9.17, 15) is 14.4 Å². The molecule has 8 heteroatoms. The molecule has 0 unspecified atom stereocenters. The van der Waals surface area contributed by atoms with Gasteiger partial charge in [0.2, 0.25) is 0 Å². The Morgan fingerprint density at radius 3 is 2.67 bits per heavy atom. The van der Waals surface area contributed by atoms with Crippen molar-refractivity contribution >= 4 is 12.2 Å². The van der Waals surface area contributed by atoms with E-state index in [1.807, 2.05) is 10.4 Å². The number of nitrogens with two attached hydrogens (primary N) is 1. The first kappa shape index (κ1) is 10.7.